The summed E-state index contributed by atoms with van der Waals surface area (Å²) >= 11 is 0. The van der Waals surface area contributed by atoms with Gasteiger partial charge >= 0.3 is 0 Å². The van der Waals surface area contributed by atoms with Gasteiger partial charge in [0.2, 0.25) is 0 Å². The van der Waals surface area contributed by atoms with Crippen LogP contribution in [0.25, 0.3) is 10.8 Å². The summed E-state index contributed by atoms with van der Waals surface area (Å²) in [6.45, 7) is 9.42. The van der Waals surface area contributed by atoms with Crippen LogP contribution < -0.4 is 10.2 Å². The van der Waals surface area contributed by atoms with Gasteiger partial charge in [0, 0.05) is 35.2 Å². The van der Waals surface area contributed by atoms with Crippen LogP contribution in [0.5, 0.6) is 0 Å². The predicted molar refractivity (Wildman–Crippen MR) is 137 cm³/mol. The number of imidazole rings is 1. The molecule has 0 fully saturated rings. The van der Waals surface area contributed by atoms with Crippen molar-refractivity contribution in [2.24, 2.45) is 0 Å². The molecule has 0 bridgehead atoms. The fourth-order valence-corrected chi connectivity index (χ4v) is 5.63. The average Bonchev–Trinajstić information content (AvgIpc) is 3.23. The molecule has 1 atom stereocenters. The van der Waals surface area contributed by atoms with Crippen LogP contribution in [0.3, 0.4) is 0 Å². The topological polar surface area (TPSA) is 58.9 Å². The number of anilines is 2. The first-order valence-corrected chi connectivity index (χ1v) is 12.5. The highest BCUT2D eigenvalue weighted by Gasteiger charge is 2.25. The molecular formula is C28H32N6. The first kappa shape index (κ1) is 21.1. The van der Waals surface area contributed by atoms with Gasteiger partial charge in [0.25, 0.3) is 0 Å². The molecule has 174 valence electrons. The molecule has 0 saturated carbocycles. The van der Waals surface area contributed by atoms with E-state index in [-0.39, 0.29) is 6.04 Å². The maximum atomic E-state index is 5.02. The standard InChI is InChI=1S/C28H32N6/c1-18-7-6-8-23(19(18)2)20(3)30-28-24-15-22(12-11-21(24)16-29-32-28)33-13-14-34-26-10-5-4-9-25(26)31-27(34)17-33/h6-8,11-12,15-16,20H,4-5,9-10,13-14,17H2,1-3H3,(H,30,32)/t20-/m1/s1. The van der Waals surface area contributed by atoms with E-state index in [4.69, 9.17) is 4.98 Å². The Kier molecular flexibility index (Phi) is 5.24. The van der Waals surface area contributed by atoms with Gasteiger partial charge in [-0.25, -0.2) is 4.98 Å². The lowest BCUT2D eigenvalue weighted by Crippen LogP contribution is -2.34. The first-order valence-electron chi connectivity index (χ1n) is 12.5. The average molecular weight is 453 g/mol. The minimum Gasteiger partial charge on any atom is -0.362 e. The molecule has 0 spiro atoms. The Labute approximate surface area is 201 Å². The van der Waals surface area contributed by atoms with E-state index in [1.54, 1.807) is 0 Å². The number of benzene rings is 2. The second-order valence-corrected chi connectivity index (χ2v) is 9.82. The molecular weight excluding hydrogens is 420 g/mol. The maximum Gasteiger partial charge on any atom is 0.157 e. The number of hydrogen-bond acceptors (Lipinski definition) is 5. The minimum absolute atomic E-state index is 0.136. The lowest BCUT2D eigenvalue weighted by Gasteiger charge is -2.31. The van der Waals surface area contributed by atoms with Crippen molar-refractivity contribution in [2.75, 3.05) is 16.8 Å². The van der Waals surface area contributed by atoms with Gasteiger partial charge in [0.1, 0.15) is 5.82 Å². The van der Waals surface area contributed by atoms with E-state index in [2.05, 4.69) is 82.2 Å². The van der Waals surface area contributed by atoms with Gasteiger partial charge in [-0.15, -0.1) is 5.10 Å². The van der Waals surface area contributed by atoms with Crippen molar-refractivity contribution < 1.29 is 0 Å². The quantitative estimate of drug-likeness (QED) is 0.442. The predicted octanol–water partition coefficient (Wildman–Crippen LogP) is 5.52. The molecule has 0 saturated heterocycles. The van der Waals surface area contributed by atoms with E-state index >= 15 is 0 Å². The number of fused-ring (bicyclic) bond motifs is 4. The molecule has 0 radical (unpaired) electrons. The van der Waals surface area contributed by atoms with E-state index in [0.29, 0.717) is 0 Å². The minimum atomic E-state index is 0.136. The Morgan fingerprint density at radius 1 is 1.03 bits per heavy atom. The Morgan fingerprint density at radius 3 is 2.82 bits per heavy atom. The summed E-state index contributed by atoms with van der Waals surface area (Å²) in [5.74, 6) is 2.05. The van der Waals surface area contributed by atoms with Crippen molar-refractivity contribution in [3.05, 3.63) is 76.5 Å². The second kappa shape index (κ2) is 8.42. The lowest BCUT2D eigenvalue weighted by atomic mass is 9.98. The largest absolute Gasteiger partial charge is 0.362 e. The molecule has 0 unspecified atom stereocenters. The van der Waals surface area contributed by atoms with E-state index in [1.165, 1.54) is 58.9 Å². The Bertz CT molecular complexity index is 1370. The van der Waals surface area contributed by atoms with Gasteiger partial charge in [-0.1, -0.05) is 24.3 Å². The van der Waals surface area contributed by atoms with Crippen LogP contribution in [0.1, 0.15) is 59.7 Å². The molecule has 6 heteroatoms. The third-order valence-corrected chi connectivity index (χ3v) is 7.72. The van der Waals surface area contributed by atoms with Crippen molar-refractivity contribution in [1.29, 1.82) is 0 Å². The Balaban J connectivity index is 1.30. The zero-order valence-corrected chi connectivity index (χ0v) is 20.3. The molecule has 1 aliphatic heterocycles. The molecule has 0 amide bonds. The summed E-state index contributed by atoms with van der Waals surface area (Å²) in [5.41, 5.74) is 7.97. The van der Waals surface area contributed by atoms with Crippen LogP contribution in [0.4, 0.5) is 11.5 Å². The fourth-order valence-electron chi connectivity index (χ4n) is 5.63. The molecule has 2 aromatic carbocycles. The summed E-state index contributed by atoms with van der Waals surface area (Å²) < 4.78 is 2.48. The number of nitrogens with zero attached hydrogens (tertiary/aromatic N) is 5. The second-order valence-electron chi connectivity index (χ2n) is 9.82. The summed E-state index contributed by atoms with van der Waals surface area (Å²) in [6.07, 6.45) is 6.74. The third kappa shape index (κ3) is 3.61. The summed E-state index contributed by atoms with van der Waals surface area (Å²) in [5, 5.41) is 14.6. The van der Waals surface area contributed by atoms with Crippen LogP contribution in [0.2, 0.25) is 0 Å². The van der Waals surface area contributed by atoms with Crippen LogP contribution in [0, 0.1) is 13.8 Å². The molecule has 6 nitrogen and oxygen atoms in total. The highest BCUT2D eigenvalue weighted by molar-refractivity contribution is 5.93. The van der Waals surface area contributed by atoms with Crippen LogP contribution >= 0.6 is 0 Å². The van der Waals surface area contributed by atoms with Gasteiger partial charge in [0.15, 0.2) is 5.82 Å². The monoisotopic (exact) mass is 452 g/mol. The molecule has 6 rings (SSSR count). The van der Waals surface area contributed by atoms with Gasteiger partial charge in [-0.2, -0.15) is 5.10 Å². The highest BCUT2D eigenvalue weighted by Crippen LogP contribution is 2.32. The van der Waals surface area contributed by atoms with Crippen molar-refractivity contribution >= 4 is 22.3 Å². The molecule has 3 heterocycles. The van der Waals surface area contributed by atoms with Crippen molar-refractivity contribution in [2.45, 2.75) is 65.6 Å². The van der Waals surface area contributed by atoms with Gasteiger partial charge in [-0.05, 0) is 75.3 Å². The zero-order valence-electron chi connectivity index (χ0n) is 20.3. The molecule has 2 aliphatic rings. The van der Waals surface area contributed by atoms with Crippen LogP contribution in [-0.2, 0) is 25.9 Å². The van der Waals surface area contributed by atoms with E-state index in [0.717, 1.165) is 42.6 Å². The van der Waals surface area contributed by atoms with Crippen molar-refractivity contribution in [3.8, 4) is 0 Å². The smallest absolute Gasteiger partial charge is 0.157 e. The number of aryl methyl sites for hydroxylation is 2. The number of hydrogen-bond donors (Lipinski definition) is 1. The van der Waals surface area contributed by atoms with Gasteiger partial charge in [0.05, 0.1) is 24.5 Å². The lowest BCUT2D eigenvalue weighted by molar-refractivity contribution is 0.533. The van der Waals surface area contributed by atoms with E-state index in [1.807, 2.05) is 6.20 Å². The highest BCUT2D eigenvalue weighted by atomic mass is 15.2. The van der Waals surface area contributed by atoms with E-state index in [9.17, 15) is 0 Å². The molecule has 2 aromatic heterocycles. The number of aromatic nitrogens is 4. The molecule has 34 heavy (non-hydrogen) atoms. The van der Waals surface area contributed by atoms with E-state index < -0.39 is 0 Å². The van der Waals surface area contributed by atoms with Crippen molar-refractivity contribution in [1.82, 2.24) is 19.7 Å². The molecule has 4 aromatic rings. The fraction of sp³-hybridized carbons (Fsp3) is 0.393. The maximum absolute atomic E-state index is 5.02. The van der Waals surface area contributed by atoms with Crippen LogP contribution in [-0.4, -0.2) is 26.3 Å². The number of rotatable bonds is 4. The summed E-state index contributed by atoms with van der Waals surface area (Å²) in [6, 6.07) is 13.3. The van der Waals surface area contributed by atoms with Crippen LogP contribution in [0.15, 0.2) is 42.6 Å². The Morgan fingerprint density at radius 2 is 1.91 bits per heavy atom. The Hall–Kier alpha value is -3.41. The zero-order chi connectivity index (χ0) is 23.2. The van der Waals surface area contributed by atoms with Gasteiger partial charge < -0.3 is 14.8 Å². The molecule has 1 aliphatic carbocycles. The normalized spacial score (nSPS) is 16.3. The third-order valence-electron chi connectivity index (χ3n) is 7.72. The van der Waals surface area contributed by atoms with Crippen molar-refractivity contribution in [3.63, 3.8) is 0 Å². The summed E-state index contributed by atoms with van der Waals surface area (Å²) in [4.78, 5) is 7.47. The number of nitrogens with one attached hydrogen (secondary N) is 1. The molecule has 1 N–H and O–H groups in total. The SMILES string of the molecule is Cc1cccc([C@@H](C)Nc2nncc3ccc(N4CCn5c(nc6c5CCCC6)C4)cc23)c1C. The van der Waals surface area contributed by atoms with Gasteiger partial charge in [-0.3, -0.25) is 0 Å². The first-order chi connectivity index (χ1) is 16.6. The summed E-state index contributed by atoms with van der Waals surface area (Å²) in [7, 11) is 0.